The van der Waals surface area contributed by atoms with Crippen LogP contribution in [0.2, 0.25) is 0 Å². The number of pyridine rings is 1. The topological polar surface area (TPSA) is 152 Å². The summed E-state index contributed by atoms with van der Waals surface area (Å²) in [5.41, 5.74) is 7.91. The van der Waals surface area contributed by atoms with Gasteiger partial charge in [-0.3, -0.25) is 4.79 Å². The summed E-state index contributed by atoms with van der Waals surface area (Å²) in [6.07, 6.45) is 3.34. The van der Waals surface area contributed by atoms with Gasteiger partial charge in [0.25, 0.3) is 5.91 Å². The Morgan fingerprint density at radius 2 is 1.94 bits per heavy atom. The van der Waals surface area contributed by atoms with Gasteiger partial charge >= 0.3 is 0 Å². The van der Waals surface area contributed by atoms with E-state index in [4.69, 9.17) is 5.73 Å². The maximum Gasteiger partial charge on any atom is 0.254 e. The maximum atomic E-state index is 12.5. The highest BCUT2D eigenvalue weighted by Crippen LogP contribution is 2.31. The molecule has 0 radical (unpaired) electrons. The summed E-state index contributed by atoms with van der Waals surface area (Å²) in [7, 11) is -2.27. The highest BCUT2D eigenvalue weighted by molar-refractivity contribution is 7.89. The molecule has 0 aliphatic heterocycles. The Balaban J connectivity index is 1.55. The summed E-state index contributed by atoms with van der Waals surface area (Å²) in [4.78, 5) is 26.9. The Bertz CT molecular complexity index is 1490. The fourth-order valence-corrected chi connectivity index (χ4v) is 5.44. The number of carbonyl (C=O) groups excluding carboxylic acids is 1. The zero-order valence-electron chi connectivity index (χ0n) is 19.2. The minimum Gasteiger partial charge on any atom is -0.383 e. The third kappa shape index (κ3) is 5.39. The van der Waals surface area contributed by atoms with E-state index < -0.39 is 15.9 Å². The third-order valence-electron chi connectivity index (χ3n) is 5.23. The smallest absolute Gasteiger partial charge is 0.254 e. The number of nitrogens with zero attached hydrogens (tertiary/aromatic N) is 3. The van der Waals surface area contributed by atoms with Crippen LogP contribution in [-0.4, -0.2) is 42.9 Å². The molecule has 5 N–H and O–H groups in total. The molecular formula is C23H25N7O3S2. The van der Waals surface area contributed by atoms with Gasteiger partial charge in [-0.1, -0.05) is 13.0 Å². The first-order valence-electron chi connectivity index (χ1n) is 10.9. The lowest BCUT2D eigenvalue weighted by molar-refractivity contribution is 0.0963. The van der Waals surface area contributed by atoms with Crippen LogP contribution in [0.3, 0.4) is 0 Å². The monoisotopic (exact) mass is 511 g/mol. The molecule has 0 aliphatic carbocycles. The van der Waals surface area contributed by atoms with Gasteiger partial charge in [0.15, 0.2) is 0 Å². The zero-order valence-corrected chi connectivity index (χ0v) is 20.8. The highest BCUT2D eigenvalue weighted by Gasteiger charge is 2.20. The second kappa shape index (κ2) is 10.3. The molecular weight excluding hydrogens is 486 g/mol. The average molecular weight is 512 g/mol. The van der Waals surface area contributed by atoms with E-state index in [0.717, 1.165) is 26.2 Å². The van der Waals surface area contributed by atoms with E-state index in [-0.39, 0.29) is 10.5 Å². The second-order valence-corrected chi connectivity index (χ2v) is 10.6. The molecule has 0 atom stereocenters. The number of thiophene rings is 1. The molecule has 3 heterocycles. The minimum absolute atomic E-state index is 0.0620. The molecule has 0 unspecified atom stereocenters. The standard InChI is InChI=1S/C23H25N7O3S2/c1-3-8-30-35(32,33)16-10-18(23(31)25-2)22(27-12-16)26-11-15-5-7-20(34-15)14-4-6-19-17(9-14)21(24)29-13-28-19/h4-7,9-10,12-13,30H,3,8,11H2,1-2H3,(H,25,31)(H,26,27)(H2,24,28,29). The van der Waals surface area contributed by atoms with Crippen molar-refractivity contribution in [1.29, 1.82) is 0 Å². The Morgan fingerprint density at radius 3 is 2.71 bits per heavy atom. The lowest BCUT2D eigenvalue weighted by Crippen LogP contribution is -2.26. The molecule has 0 aliphatic rings. The van der Waals surface area contributed by atoms with E-state index in [1.165, 1.54) is 25.6 Å². The van der Waals surface area contributed by atoms with E-state index in [0.29, 0.717) is 31.1 Å². The summed E-state index contributed by atoms with van der Waals surface area (Å²) in [6, 6.07) is 11.2. The number of anilines is 2. The van der Waals surface area contributed by atoms with Gasteiger partial charge in [0, 0.05) is 34.9 Å². The lowest BCUT2D eigenvalue weighted by atomic mass is 10.1. The molecule has 0 bridgehead atoms. The van der Waals surface area contributed by atoms with E-state index in [2.05, 4.69) is 30.3 Å². The molecule has 182 valence electrons. The molecule has 0 fully saturated rings. The van der Waals surface area contributed by atoms with E-state index in [9.17, 15) is 13.2 Å². The number of sulfonamides is 1. The van der Waals surface area contributed by atoms with Crippen LogP contribution >= 0.6 is 11.3 Å². The summed E-state index contributed by atoms with van der Waals surface area (Å²) in [6.45, 7) is 2.57. The summed E-state index contributed by atoms with van der Waals surface area (Å²) < 4.78 is 27.4. The first kappa shape index (κ1) is 24.5. The molecule has 12 heteroatoms. The van der Waals surface area contributed by atoms with Crippen molar-refractivity contribution >= 4 is 49.8 Å². The number of aromatic nitrogens is 3. The van der Waals surface area contributed by atoms with Gasteiger partial charge in [0.2, 0.25) is 10.0 Å². The minimum atomic E-state index is -3.75. The van der Waals surface area contributed by atoms with Crippen molar-refractivity contribution in [2.45, 2.75) is 24.8 Å². The van der Waals surface area contributed by atoms with Crippen LogP contribution in [0.15, 0.2) is 53.8 Å². The maximum absolute atomic E-state index is 12.5. The fourth-order valence-electron chi connectivity index (χ4n) is 3.39. The normalized spacial score (nSPS) is 11.5. The molecule has 1 aromatic carbocycles. The first-order valence-corrected chi connectivity index (χ1v) is 13.2. The van der Waals surface area contributed by atoms with Crippen molar-refractivity contribution in [2.24, 2.45) is 0 Å². The van der Waals surface area contributed by atoms with E-state index >= 15 is 0 Å². The summed E-state index contributed by atoms with van der Waals surface area (Å²) in [5.74, 6) is 0.290. The Hall–Kier alpha value is -3.61. The van der Waals surface area contributed by atoms with Crippen LogP contribution in [0.25, 0.3) is 21.3 Å². The predicted octanol–water partition coefficient (Wildman–Crippen LogP) is 3.00. The molecule has 10 nitrogen and oxygen atoms in total. The van der Waals surface area contributed by atoms with Crippen LogP contribution in [0.5, 0.6) is 0 Å². The van der Waals surface area contributed by atoms with E-state index in [1.807, 2.05) is 37.3 Å². The Morgan fingerprint density at radius 1 is 1.11 bits per heavy atom. The number of carbonyl (C=O) groups is 1. The molecule has 4 rings (SSSR count). The van der Waals surface area contributed by atoms with Crippen LogP contribution in [0.1, 0.15) is 28.6 Å². The largest absolute Gasteiger partial charge is 0.383 e. The molecule has 0 saturated heterocycles. The van der Waals surface area contributed by atoms with E-state index in [1.54, 1.807) is 11.3 Å². The van der Waals surface area contributed by atoms with Gasteiger partial charge in [0.1, 0.15) is 22.9 Å². The molecule has 0 spiro atoms. The zero-order chi connectivity index (χ0) is 25.0. The van der Waals surface area contributed by atoms with Crippen molar-refractivity contribution in [3.63, 3.8) is 0 Å². The first-order chi connectivity index (χ1) is 16.8. The number of nitrogens with two attached hydrogens (primary N) is 1. The molecule has 0 saturated carbocycles. The Labute approximate surface area is 207 Å². The summed E-state index contributed by atoms with van der Waals surface area (Å²) in [5, 5.41) is 6.48. The number of hydrogen-bond acceptors (Lipinski definition) is 9. The van der Waals surface area contributed by atoms with Gasteiger partial charge in [-0.2, -0.15) is 0 Å². The van der Waals surface area contributed by atoms with Gasteiger partial charge in [-0.25, -0.2) is 28.1 Å². The second-order valence-electron chi connectivity index (χ2n) is 7.65. The van der Waals surface area contributed by atoms with Crippen LogP contribution in [0, 0.1) is 0 Å². The summed E-state index contributed by atoms with van der Waals surface area (Å²) >= 11 is 1.58. The molecule has 3 aromatic heterocycles. The number of benzene rings is 1. The molecule has 4 aromatic rings. The number of hydrogen-bond donors (Lipinski definition) is 4. The van der Waals surface area contributed by atoms with Crippen molar-refractivity contribution in [2.75, 3.05) is 24.6 Å². The van der Waals surface area contributed by atoms with Crippen LogP contribution in [-0.2, 0) is 16.6 Å². The Kier molecular flexibility index (Phi) is 7.24. The fraction of sp³-hybridized carbons (Fsp3) is 0.217. The number of nitrogens with one attached hydrogen (secondary N) is 3. The number of amides is 1. The van der Waals surface area contributed by atoms with Crippen molar-refractivity contribution in [3.05, 3.63) is 59.4 Å². The highest BCUT2D eigenvalue weighted by atomic mass is 32.2. The third-order valence-corrected chi connectivity index (χ3v) is 7.79. The molecule has 1 amide bonds. The van der Waals surface area contributed by atoms with Crippen LogP contribution in [0.4, 0.5) is 11.6 Å². The van der Waals surface area contributed by atoms with Crippen molar-refractivity contribution < 1.29 is 13.2 Å². The van der Waals surface area contributed by atoms with Gasteiger partial charge in [-0.05, 0) is 42.3 Å². The number of fused-ring (bicyclic) bond motifs is 1. The van der Waals surface area contributed by atoms with Gasteiger partial charge in [0.05, 0.1) is 17.6 Å². The van der Waals surface area contributed by atoms with Gasteiger partial charge < -0.3 is 16.4 Å². The number of nitrogen functional groups attached to an aromatic ring is 1. The van der Waals surface area contributed by atoms with Gasteiger partial charge in [-0.15, -0.1) is 11.3 Å². The number of rotatable bonds is 9. The van der Waals surface area contributed by atoms with Crippen molar-refractivity contribution in [3.8, 4) is 10.4 Å². The van der Waals surface area contributed by atoms with Crippen molar-refractivity contribution in [1.82, 2.24) is 25.0 Å². The van der Waals surface area contributed by atoms with Crippen LogP contribution < -0.4 is 21.1 Å². The quantitative estimate of drug-likeness (QED) is 0.268. The lowest BCUT2D eigenvalue weighted by Gasteiger charge is -2.12. The predicted molar refractivity (Wildman–Crippen MR) is 138 cm³/mol. The SMILES string of the molecule is CCCNS(=O)(=O)c1cnc(NCc2ccc(-c3ccc4ncnc(N)c4c3)s2)c(C(=O)NC)c1. The average Bonchev–Trinajstić information content (AvgIpc) is 3.35. The molecule has 35 heavy (non-hydrogen) atoms.